The first-order valence-electron chi connectivity index (χ1n) is 7.00. The van der Waals surface area contributed by atoms with Crippen LogP contribution in [0.2, 0.25) is 0 Å². The van der Waals surface area contributed by atoms with Gasteiger partial charge in [-0.3, -0.25) is 14.4 Å². The van der Waals surface area contributed by atoms with E-state index in [0.29, 0.717) is 30.7 Å². The molecule has 1 aliphatic heterocycles. The van der Waals surface area contributed by atoms with Gasteiger partial charge in [0.2, 0.25) is 0 Å². The third-order valence-electron chi connectivity index (χ3n) is 3.54. The molecular weight excluding hydrogens is 288 g/mol. The van der Waals surface area contributed by atoms with Crippen LogP contribution in [-0.2, 0) is 9.59 Å². The van der Waals surface area contributed by atoms with Crippen molar-refractivity contribution in [2.24, 2.45) is 11.7 Å². The van der Waals surface area contributed by atoms with Gasteiger partial charge >= 0.3 is 5.97 Å². The smallest absolute Gasteiger partial charge is 0.308 e. The van der Waals surface area contributed by atoms with E-state index in [4.69, 9.17) is 15.6 Å². The number of carboxylic acid groups (broad SMARTS) is 1. The van der Waals surface area contributed by atoms with Crippen LogP contribution in [0.1, 0.15) is 23.2 Å². The quantitative estimate of drug-likeness (QED) is 0.822. The van der Waals surface area contributed by atoms with E-state index in [9.17, 15) is 14.4 Å². The third kappa shape index (κ3) is 3.97. The molecule has 1 aliphatic rings. The SMILES string of the molecule is NC(=O)COc1ccc(C(=O)N2CCC[C@H](C(=O)O)C2)cc1. The van der Waals surface area contributed by atoms with Gasteiger partial charge in [-0.1, -0.05) is 0 Å². The average Bonchev–Trinajstić information content (AvgIpc) is 2.53. The van der Waals surface area contributed by atoms with Gasteiger partial charge in [0.05, 0.1) is 5.92 Å². The number of nitrogens with zero attached hydrogens (tertiary/aromatic N) is 1. The van der Waals surface area contributed by atoms with Gasteiger partial charge in [-0.25, -0.2) is 0 Å². The predicted octanol–water partition coefficient (Wildman–Crippen LogP) is 0.487. The first-order chi connectivity index (χ1) is 10.5. The molecule has 0 spiro atoms. The minimum absolute atomic E-state index is 0.201. The summed E-state index contributed by atoms with van der Waals surface area (Å²) in [6, 6.07) is 6.33. The molecular formula is C15H18N2O5. The van der Waals surface area contributed by atoms with E-state index >= 15 is 0 Å². The Morgan fingerprint density at radius 3 is 2.55 bits per heavy atom. The van der Waals surface area contributed by atoms with E-state index in [-0.39, 0.29) is 19.1 Å². The number of hydrogen-bond donors (Lipinski definition) is 2. The first-order valence-corrected chi connectivity index (χ1v) is 7.00. The lowest BCUT2D eigenvalue weighted by molar-refractivity contribution is -0.143. The maximum absolute atomic E-state index is 12.4. The molecule has 3 N–H and O–H groups in total. The lowest BCUT2D eigenvalue weighted by Gasteiger charge is -2.30. The Labute approximate surface area is 127 Å². The molecule has 1 aromatic carbocycles. The number of aliphatic carboxylic acids is 1. The maximum atomic E-state index is 12.4. The second-order valence-corrected chi connectivity index (χ2v) is 5.21. The van der Waals surface area contributed by atoms with Crippen molar-refractivity contribution in [1.29, 1.82) is 0 Å². The van der Waals surface area contributed by atoms with E-state index < -0.39 is 17.8 Å². The molecule has 22 heavy (non-hydrogen) atoms. The zero-order valence-electron chi connectivity index (χ0n) is 12.0. The number of primary amides is 1. The molecule has 0 saturated carbocycles. The molecule has 1 fully saturated rings. The van der Waals surface area contributed by atoms with E-state index in [1.165, 1.54) is 0 Å². The molecule has 0 radical (unpaired) electrons. The summed E-state index contributed by atoms with van der Waals surface area (Å²) in [6.07, 6.45) is 1.28. The Morgan fingerprint density at radius 1 is 1.27 bits per heavy atom. The van der Waals surface area contributed by atoms with Gasteiger partial charge < -0.3 is 20.5 Å². The zero-order valence-corrected chi connectivity index (χ0v) is 12.0. The minimum Gasteiger partial charge on any atom is -0.484 e. The summed E-state index contributed by atoms with van der Waals surface area (Å²) in [6.45, 7) is 0.566. The van der Waals surface area contributed by atoms with Crippen LogP contribution in [-0.4, -0.2) is 47.5 Å². The predicted molar refractivity (Wildman–Crippen MR) is 77.4 cm³/mol. The standard InChI is InChI=1S/C15H18N2O5/c16-13(18)9-22-12-5-3-10(4-6-12)14(19)17-7-1-2-11(8-17)15(20)21/h3-6,11H,1-2,7-9H2,(H2,16,18)(H,20,21)/t11-/m0/s1. The van der Waals surface area contributed by atoms with Gasteiger partial charge in [-0.05, 0) is 37.1 Å². The number of hydrogen-bond acceptors (Lipinski definition) is 4. The zero-order chi connectivity index (χ0) is 16.1. The van der Waals surface area contributed by atoms with E-state index in [1.54, 1.807) is 29.2 Å². The Balaban J connectivity index is 2.00. The van der Waals surface area contributed by atoms with Crippen molar-refractivity contribution >= 4 is 17.8 Å². The van der Waals surface area contributed by atoms with Crippen molar-refractivity contribution in [2.45, 2.75) is 12.8 Å². The number of ether oxygens (including phenoxy) is 1. The van der Waals surface area contributed by atoms with Crippen LogP contribution >= 0.6 is 0 Å². The second kappa shape index (κ2) is 6.93. The van der Waals surface area contributed by atoms with Crippen molar-refractivity contribution in [3.05, 3.63) is 29.8 Å². The van der Waals surface area contributed by atoms with Crippen LogP contribution in [0.5, 0.6) is 5.75 Å². The molecule has 1 heterocycles. The second-order valence-electron chi connectivity index (χ2n) is 5.21. The summed E-state index contributed by atoms with van der Waals surface area (Å²) in [5, 5.41) is 9.06. The van der Waals surface area contributed by atoms with E-state index in [1.807, 2.05) is 0 Å². The minimum atomic E-state index is -0.868. The molecule has 0 unspecified atom stereocenters. The molecule has 0 aliphatic carbocycles. The molecule has 1 saturated heterocycles. The topological polar surface area (TPSA) is 110 Å². The summed E-state index contributed by atoms with van der Waals surface area (Å²) in [5.41, 5.74) is 5.44. The Hall–Kier alpha value is -2.57. The molecule has 1 atom stereocenters. The van der Waals surface area contributed by atoms with Crippen molar-refractivity contribution < 1.29 is 24.2 Å². The number of nitrogens with two attached hydrogens (primary N) is 1. The third-order valence-corrected chi connectivity index (χ3v) is 3.54. The van der Waals surface area contributed by atoms with Gasteiger partial charge in [-0.15, -0.1) is 0 Å². The largest absolute Gasteiger partial charge is 0.484 e. The number of benzene rings is 1. The fourth-order valence-corrected chi connectivity index (χ4v) is 2.39. The van der Waals surface area contributed by atoms with E-state index in [2.05, 4.69) is 0 Å². The highest BCUT2D eigenvalue weighted by Crippen LogP contribution is 2.20. The number of carboxylic acids is 1. The van der Waals surface area contributed by atoms with E-state index in [0.717, 1.165) is 0 Å². The van der Waals surface area contributed by atoms with Crippen molar-refractivity contribution in [3.8, 4) is 5.75 Å². The Morgan fingerprint density at radius 2 is 1.95 bits per heavy atom. The molecule has 118 valence electrons. The monoisotopic (exact) mass is 306 g/mol. The van der Waals surface area contributed by atoms with Crippen LogP contribution in [0.15, 0.2) is 24.3 Å². The van der Waals surface area contributed by atoms with Gasteiger partial charge in [0.1, 0.15) is 5.75 Å². The highest BCUT2D eigenvalue weighted by molar-refractivity contribution is 5.94. The number of piperidine rings is 1. The molecule has 0 bridgehead atoms. The highest BCUT2D eigenvalue weighted by atomic mass is 16.5. The van der Waals surface area contributed by atoms with Gasteiger partial charge in [0, 0.05) is 18.7 Å². The molecule has 2 rings (SSSR count). The summed E-state index contributed by atoms with van der Waals surface area (Å²) < 4.78 is 5.12. The van der Waals surface area contributed by atoms with Crippen LogP contribution in [0.4, 0.5) is 0 Å². The molecule has 1 aromatic rings. The molecule has 0 aromatic heterocycles. The Bertz CT molecular complexity index is 570. The van der Waals surface area contributed by atoms with Crippen LogP contribution in [0.3, 0.4) is 0 Å². The van der Waals surface area contributed by atoms with Crippen LogP contribution < -0.4 is 10.5 Å². The normalized spacial score (nSPS) is 17.8. The number of carbonyl (C=O) groups excluding carboxylic acids is 2. The van der Waals surface area contributed by atoms with Crippen molar-refractivity contribution in [3.63, 3.8) is 0 Å². The van der Waals surface area contributed by atoms with Crippen molar-refractivity contribution in [1.82, 2.24) is 4.90 Å². The average molecular weight is 306 g/mol. The molecule has 7 nitrogen and oxygen atoms in total. The first kappa shape index (κ1) is 15.8. The van der Waals surface area contributed by atoms with Crippen molar-refractivity contribution in [2.75, 3.05) is 19.7 Å². The fourth-order valence-electron chi connectivity index (χ4n) is 2.39. The number of carbonyl (C=O) groups is 3. The van der Waals surface area contributed by atoms with Crippen LogP contribution in [0, 0.1) is 5.92 Å². The summed E-state index contributed by atoms with van der Waals surface area (Å²) in [7, 11) is 0. The lowest BCUT2D eigenvalue weighted by Crippen LogP contribution is -2.42. The molecule has 7 heteroatoms. The summed E-state index contributed by atoms with van der Waals surface area (Å²) >= 11 is 0. The number of amides is 2. The fraction of sp³-hybridized carbons (Fsp3) is 0.400. The number of likely N-dealkylation sites (tertiary alicyclic amines) is 1. The molecule has 2 amide bonds. The lowest BCUT2D eigenvalue weighted by atomic mass is 9.97. The van der Waals surface area contributed by atoms with Gasteiger partial charge in [0.15, 0.2) is 6.61 Å². The summed E-state index contributed by atoms with van der Waals surface area (Å²) in [5.74, 6) is -1.71. The summed E-state index contributed by atoms with van der Waals surface area (Å²) in [4.78, 5) is 35.6. The van der Waals surface area contributed by atoms with Gasteiger partial charge in [-0.2, -0.15) is 0 Å². The van der Waals surface area contributed by atoms with Gasteiger partial charge in [0.25, 0.3) is 11.8 Å². The van der Waals surface area contributed by atoms with Crippen LogP contribution in [0.25, 0.3) is 0 Å². The Kier molecular flexibility index (Phi) is 4.98. The number of rotatable bonds is 5. The maximum Gasteiger partial charge on any atom is 0.308 e. The highest BCUT2D eigenvalue weighted by Gasteiger charge is 2.28.